The summed E-state index contributed by atoms with van der Waals surface area (Å²) in [6.07, 6.45) is 0.360. The molecule has 0 aliphatic rings. The standard InChI is InChI=1S/C9H12N2O3S/c1-3-6(9(13)14)11-8(12)7-5(2)10-4-15-7/h4,6H,3H2,1-2H3,(H,11,12)(H,13,14)/t6-/m0/s1. The van der Waals surface area contributed by atoms with E-state index in [1.54, 1.807) is 19.4 Å². The Labute approximate surface area is 91.1 Å². The van der Waals surface area contributed by atoms with Crippen molar-refractivity contribution in [2.75, 3.05) is 0 Å². The second-order valence-corrected chi connectivity index (χ2v) is 3.89. The van der Waals surface area contributed by atoms with Crippen LogP contribution in [-0.2, 0) is 4.79 Å². The van der Waals surface area contributed by atoms with Crippen molar-refractivity contribution in [3.05, 3.63) is 16.1 Å². The summed E-state index contributed by atoms with van der Waals surface area (Å²) in [5.41, 5.74) is 2.18. The van der Waals surface area contributed by atoms with Gasteiger partial charge in [-0.15, -0.1) is 11.3 Å². The molecule has 0 aromatic carbocycles. The molecule has 0 bridgehead atoms. The van der Waals surface area contributed by atoms with E-state index in [2.05, 4.69) is 10.3 Å². The minimum atomic E-state index is -1.02. The fraction of sp³-hybridized carbons (Fsp3) is 0.444. The van der Waals surface area contributed by atoms with Crippen molar-refractivity contribution < 1.29 is 14.7 Å². The maximum atomic E-state index is 11.6. The third-order valence-corrected chi connectivity index (χ3v) is 2.89. The molecule has 0 aliphatic carbocycles. The maximum absolute atomic E-state index is 11.6. The Hall–Kier alpha value is -1.43. The summed E-state index contributed by atoms with van der Waals surface area (Å²) >= 11 is 1.21. The van der Waals surface area contributed by atoms with Crippen LogP contribution in [0.25, 0.3) is 0 Å². The van der Waals surface area contributed by atoms with Gasteiger partial charge in [0.25, 0.3) is 5.91 Å². The third-order valence-electron chi connectivity index (χ3n) is 1.96. The summed E-state index contributed by atoms with van der Waals surface area (Å²) in [5, 5.41) is 11.2. The lowest BCUT2D eigenvalue weighted by Gasteiger charge is -2.11. The molecular formula is C9H12N2O3S. The molecule has 0 aliphatic heterocycles. The number of nitrogens with one attached hydrogen (secondary N) is 1. The number of hydrogen-bond donors (Lipinski definition) is 2. The number of carboxylic acid groups (broad SMARTS) is 1. The van der Waals surface area contributed by atoms with Crippen LogP contribution in [0.3, 0.4) is 0 Å². The highest BCUT2D eigenvalue weighted by molar-refractivity contribution is 7.11. The SMILES string of the molecule is CC[C@H](NC(=O)c1scnc1C)C(=O)O. The summed E-state index contributed by atoms with van der Waals surface area (Å²) < 4.78 is 0. The van der Waals surface area contributed by atoms with Crippen LogP contribution in [0.5, 0.6) is 0 Å². The van der Waals surface area contributed by atoms with Crippen LogP contribution in [0, 0.1) is 6.92 Å². The number of aliphatic carboxylic acids is 1. The van der Waals surface area contributed by atoms with Crippen LogP contribution in [-0.4, -0.2) is 28.0 Å². The molecule has 0 fully saturated rings. The highest BCUT2D eigenvalue weighted by Crippen LogP contribution is 2.12. The molecule has 1 aromatic heterocycles. The number of carbonyl (C=O) groups is 2. The van der Waals surface area contributed by atoms with Gasteiger partial charge < -0.3 is 10.4 Å². The largest absolute Gasteiger partial charge is 0.480 e. The molecule has 1 heterocycles. The van der Waals surface area contributed by atoms with Gasteiger partial charge in [0.2, 0.25) is 0 Å². The Bertz CT molecular complexity index is 375. The Morgan fingerprint density at radius 3 is 2.73 bits per heavy atom. The van der Waals surface area contributed by atoms with Crippen LogP contribution in [0.1, 0.15) is 28.7 Å². The number of thiazole rings is 1. The highest BCUT2D eigenvalue weighted by atomic mass is 32.1. The number of carboxylic acids is 1. The molecule has 6 heteroatoms. The van der Waals surface area contributed by atoms with Crippen molar-refractivity contribution in [2.45, 2.75) is 26.3 Å². The fourth-order valence-corrected chi connectivity index (χ4v) is 1.79. The van der Waals surface area contributed by atoms with Crippen molar-refractivity contribution in [3.63, 3.8) is 0 Å². The molecule has 1 aromatic rings. The summed E-state index contributed by atoms with van der Waals surface area (Å²) in [4.78, 5) is 26.7. The normalized spacial score (nSPS) is 12.1. The number of aromatic nitrogens is 1. The summed E-state index contributed by atoms with van der Waals surface area (Å²) in [5.74, 6) is -1.39. The molecule has 1 amide bonds. The average Bonchev–Trinajstić information content (AvgIpc) is 2.60. The first-order chi connectivity index (χ1) is 7.06. The van der Waals surface area contributed by atoms with Gasteiger partial charge in [-0.1, -0.05) is 6.92 Å². The Kier molecular flexibility index (Phi) is 3.79. The van der Waals surface area contributed by atoms with Crippen molar-refractivity contribution in [2.24, 2.45) is 0 Å². The van der Waals surface area contributed by atoms with E-state index >= 15 is 0 Å². The molecule has 5 nitrogen and oxygen atoms in total. The summed E-state index contributed by atoms with van der Waals surface area (Å²) in [6, 6.07) is -0.834. The summed E-state index contributed by atoms with van der Waals surface area (Å²) in [6.45, 7) is 3.42. The van der Waals surface area contributed by atoms with Crippen molar-refractivity contribution in [1.29, 1.82) is 0 Å². The third kappa shape index (κ3) is 2.76. The van der Waals surface area contributed by atoms with E-state index in [-0.39, 0.29) is 5.91 Å². The van der Waals surface area contributed by atoms with Crippen LogP contribution in [0.4, 0.5) is 0 Å². The monoisotopic (exact) mass is 228 g/mol. The van der Waals surface area contributed by atoms with E-state index in [1.807, 2.05) is 0 Å². The van der Waals surface area contributed by atoms with Crippen LogP contribution in [0.2, 0.25) is 0 Å². The first-order valence-corrected chi connectivity index (χ1v) is 5.38. The van der Waals surface area contributed by atoms with Crippen LogP contribution >= 0.6 is 11.3 Å². The molecule has 15 heavy (non-hydrogen) atoms. The van der Waals surface area contributed by atoms with Gasteiger partial charge >= 0.3 is 5.97 Å². The zero-order valence-electron chi connectivity index (χ0n) is 8.48. The van der Waals surface area contributed by atoms with Gasteiger partial charge in [0.15, 0.2) is 0 Å². The number of rotatable bonds is 4. The van der Waals surface area contributed by atoms with E-state index in [9.17, 15) is 9.59 Å². The van der Waals surface area contributed by atoms with Gasteiger partial charge in [0.05, 0.1) is 11.2 Å². The number of aryl methyl sites for hydroxylation is 1. The molecule has 0 spiro atoms. The first-order valence-electron chi connectivity index (χ1n) is 4.50. The number of carbonyl (C=O) groups excluding carboxylic acids is 1. The van der Waals surface area contributed by atoms with E-state index in [4.69, 9.17) is 5.11 Å². The molecule has 0 saturated carbocycles. The quantitative estimate of drug-likeness (QED) is 0.807. The highest BCUT2D eigenvalue weighted by Gasteiger charge is 2.20. The first kappa shape index (κ1) is 11.6. The maximum Gasteiger partial charge on any atom is 0.326 e. The molecule has 1 atom stereocenters. The number of amides is 1. The van der Waals surface area contributed by atoms with Gasteiger partial charge in [-0.2, -0.15) is 0 Å². The van der Waals surface area contributed by atoms with E-state index in [1.165, 1.54) is 11.3 Å². The molecule has 2 N–H and O–H groups in total. The Morgan fingerprint density at radius 2 is 2.33 bits per heavy atom. The minimum absolute atomic E-state index is 0.360. The lowest BCUT2D eigenvalue weighted by molar-refractivity contribution is -0.139. The molecule has 0 saturated heterocycles. The molecule has 0 unspecified atom stereocenters. The van der Waals surface area contributed by atoms with E-state index in [0.29, 0.717) is 17.0 Å². The molecule has 82 valence electrons. The Morgan fingerprint density at radius 1 is 1.67 bits per heavy atom. The van der Waals surface area contributed by atoms with Crippen molar-refractivity contribution in [3.8, 4) is 0 Å². The predicted molar refractivity (Wildman–Crippen MR) is 56.0 cm³/mol. The van der Waals surface area contributed by atoms with Crippen LogP contribution in [0.15, 0.2) is 5.51 Å². The van der Waals surface area contributed by atoms with Crippen molar-refractivity contribution >= 4 is 23.2 Å². The van der Waals surface area contributed by atoms with Gasteiger partial charge in [-0.25, -0.2) is 9.78 Å². The number of nitrogens with zero attached hydrogens (tertiary/aromatic N) is 1. The van der Waals surface area contributed by atoms with Crippen molar-refractivity contribution in [1.82, 2.24) is 10.3 Å². The van der Waals surface area contributed by atoms with E-state index in [0.717, 1.165) is 0 Å². The van der Waals surface area contributed by atoms with Gasteiger partial charge in [0.1, 0.15) is 10.9 Å². The van der Waals surface area contributed by atoms with Gasteiger partial charge in [-0.05, 0) is 13.3 Å². The topological polar surface area (TPSA) is 79.3 Å². The molecule has 0 radical (unpaired) electrons. The summed E-state index contributed by atoms with van der Waals surface area (Å²) in [7, 11) is 0. The molecule has 1 rings (SSSR count). The average molecular weight is 228 g/mol. The molecular weight excluding hydrogens is 216 g/mol. The second-order valence-electron chi connectivity index (χ2n) is 3.04. The zero-order valence-corrected chi connectivity index (χ0v) is 9.30. The fourth-order valence-electron chi connectivity index (χ4n) is 1.08. The van der Waals surface area contributed by atoms with Gasteiger partial charge in [-0.3, -0.25) is 4.79 Å². The zero-order chi connectivity index (χ0) is 11.4. The smallest absolute Gasteiger partial charge is 0.326 e. The lowest BCUT2D eigenvalue weighted by atomic mass is 10.2. The van der Waals surface area contributed by atoms with Gasteiger partial charge in [0, 0.05) is 0 Å². The van der Waals surface area contributed by atoms with Crippen LogP contribution < -0.4 is 5.32 Å². The second kappa shape index (κ2) is 4.88. The Balaban J connectivity index is 2.71. The predicted octanol–water partition coefficient (Wildman–Crippen LogP) is 1.04. The van der Waals surface area contributed by atoms with E-state index < -0.39 is 12.0 Å². The lowest BCUT2D eigenvalue weighted by Crippen LogP contribution is -2.40. The number of hydrogen-bond acceptors (Lipinski definition) is 4. The minimum Gasteiger partial charge on any atom is -0.480 e.